The Morgan fingerprint density at radius 3 is 2.60 bits per heavy atom. The Morgan fingerprint density at radius 1 is 1.13 bits per heavy atom. The molecule has 0 saturated carbocycles. The molecule has 1 heterocycles. The minimum atomic E-state index is -3.67. The summed E-state index contributed by atoms with van der Waals surface area (Å²) in [7, 11) is -3.67. The van der Waals surface area contributed by atoms with Crippen LogP contribution >= 0.6 is 23.2 Å². The fourth-order valence-corrected chi connectivity index (χ4v) is 4.76. The predicted octanol–water partition coefficient (Wildman–Crippen LogP) is 4.95. The van der Waals surface area contributed by atoms with Gasteiger partial charge in [-0.25, -0.2) is 13.1 Å². The van der Waals surface area contributed by atoms with Gasteiger partial charge in [0.1, 0.15) is 0 Å². The SMILES string of the molecule is CCCCCS(=O)(=O)NC(=O)c1ccc2c(C)nn(Cc3ccc(Cl)cc3Cl)c2c1. The minimum Gasteiger partial charge on any atom is -0.268 e. The Labute approximate surface area is 186 Å². The fourth-order valence-electron chi connectivity index (χ4n) is 3.21. The highest BCUT2D eigenvalue weighted by Gasteiger charge is 2.18. The third-order valence-corrected chi connectivity index (χ3v) is 6.71. The molecule has 1 N–H and O–H groups in total. The summed E-state index contributed by atoms with van der Waals surface area (Å²) >= 11 is 12.3. The Hall–Kier alpha value is -2.09. The number of hydrogen-bond acceptors (Lipinski definition) is 4. The zero-order valence-electron chi connectivity index (χ0n) is 16.8. The molecule has 0 bridgehead atoms. The number of fused-ring (bicyclic) bond motifs is 1. The number of carbonyl (C=O) groups excluding carboxylic acids is 1. The van der Waals surface area contributed by atoms with Gasteiger partial charge in [-0.2, -0.15) is 5.10 Å². The van der Waals surface area contributed by atoms with E-state index in [0.717, 1.165) is 35.0 Å². The molecule has 0 spiro atoms. The van der Waals surface area contributed by atoms with Crippen LogP contribution in [0, 0.1) is 6.92 Å². The molecule has 0 fully saturated rings. The summed E-state index contributed by atoms with van der Waals surface area (Å²) in [5.74, 6) is -0.718. The van der Waals surface area contributed by atoms with E-state index >= 15 is 0 Å². The third-order valence-electron chi connectivity index (χ3n) is 4.80. The van der Waals surface area contributed by atoms with Crippen molar-refractivity contribution in [2.45, 2.75) is 39.7 Å². The zero-order chi connectivity index (χ0) is 21.9. The number of aromatic nitrogens is 2. The van der Waals surface area contributed by atoms with Crippen LogP contribution in [0.5, 0.6) is 0 Å². The Bertz CT molecular complexity index is 1190. The van der Waals surface area contributed by atoms with Gasteiger partial charge >= 0.3 is 0 Å². The summed E-state index contributed by atoms with van der Waals surface area (Å²) in [5.41, 5.74) is 2.60. The van der Waals surface area contributed by atoms with Gasteiger partial charge in [0.05, 0.1) is 23.5 Å². The molecule has 0 unspecified atom stereocenters. The highest BCUT2D eigenvalue weighted by atomic mass is 35.5. The summed E-state index contributed by atoms with van der Waals surface area (Å²) in [6.07, 6.45) is 2.22. The highest BCUT2D eigenvalue weighted by molar-refractivity contribution is 7.90. The number of rotatable bonds is 8. The Morgan fingerprint density at radius 2 is 1.90 bits per heavy atom. The first-order valence-electron chi connectivity index (χ1n) is 9.66. The highest BCUT2D eigenvalue weighted by Crippen LogP contribution is 2.25. The molecule has 3 rings (SSSR count). The zero-order valence-corrected chi connectivity index (χ0v) is 19.1. The Balaban J connectivity index is 1.88. The number of amides is 1. The number of nitrogens with one attached hydrogen (secondary N) is 1. The molecule has 0 radical (unpaired) electrons. The average molecular weight is 468 g/mol. The van der Waals surface area contributed by atoms with Crippen LogP contribution in [0.4, 0.5) is 0 Å². The molecular formula is C21H23Cl2N3O3S. The number of benzene rings is 2. The number of unbranched alkanes of at least 4 members (excludes halogenated alkanes) is 2. The number of carbonyl (C=O) groups is 1. The van der Waals surface area contributed by atoms with Gasteiger partial charge in [0.25, 0.3) is 5.91 Å². The standard InChI is InChI=1S/C21H23Cl2N3O3S/c1-3-4-5-10-30(28,29)25-21(27)15-7-9-18-14(2)24-26(20(18)11-15)13-16-6-8-17(22)12-19(16)23/h6-9,11-12H,3-5,10,13H2,1-2H3,(H,25,27). The van der Waals surface area contributed by atoms with E-state index in [0.29, 0.717) is 23.0 Å². The summed E-state index contributed by atoms with van der Waals surface area (Å²) in [4.78, 5) is 12.5. The minimum absolute atomic E-state index is 0.0685. The van der Waals surface area contributed by atoms with Gasteiger partial charge in [0.2, 0.25) is 10.0 Å². The van der Waals surface area contributed by atoms with E-state index in [1.54, 1.807) is 35.0 Å². The molecule has 0 aliphatic carbocycles. The molecule has 160 valence electrons. The molecule has 6 nitrogen and oxygen atoms in total. The molecule has 0 aliphatic heterocycles. The van der Waals surface area contributed by atoms with Crippen LogP contribution < -0.4 is 4.72 Å². The van der Waals surface area contributed by atoms with Gasteiger partial charge in [0.15, 0.2) is 0 Å². The number of hydrogen-bond donors (Lipinski definition) is 1. The van der Waals surface area contributed by atoms with Gasteiger partial charge in [-0.05, 0) is 43.2 Å². The lowest BCUT2D eigenvalue weighted by molar-refractivity contribution is 0.0981. The van der Waals surface area contributed by atoms with Crippen LogP contribution in [0.15, 0.2) is 36.4 Å². The van der Waals surface area contributed by atoms with Crippen molar-refractivity contribution < 1.29 is 13.2 Å². The number of sulfonamides is 1. The molecule has 1 amide bonds. The molecular weight excluding hydrogens is 445 g/mol. The maximum absolute atomic E-state index is 12.5. The van der Waals surface area contributed by atoms with Gasteiger partial charge in [-0.1, -0.05) is 55.1 Å². The number of nitrogens with zero attached hydrogens (tertiary/aromatic N) is 2. The second-order valence-corrected chi connectivity index (χ2v) is 9.85. The van der Waals surface area contributed by atoms with E-state index in [1.165, 1.54) is 0 Å². The van der Waals surface area contributed by atoms with Crippen LogP contribution in [0.25, 0.3) is 10.9 Å². The molecule has 3 aromatic rings. The summed E-state index contributed by atoms with van der Waals surface area (Å²) < 4.78 is 28.2. The topological polar surface area (TPSA) is 81.1 Å². The molecule has 0 atom stereocenters. The lowest BCUT2D eigenvalue weighted by Crippen LogP contribution is -2.32. The lowest BCUT2D eigenvalue weighted by atomic mass is 10.1. The molecule has 2 aromatic carbocycles. The predicted molar refractivity (Wildman–Crippen MR) is 121 cm³/mol. The van der Waals surface area contributed by atoms with Gasteiger partial charge < -0.3 is 0 Å². The summed E-state index contributed by atoms with van der Waals surface area (Å²) in [6, 6.07) is 10.3. The molecule has 9 heteroatoms. The third kappa shape index (κ3) is 5.33. The lowest BCUT2D eigenvalue weighted by Gasteiger charge is -2.09. The molecule has 0 saturated heterocycles. The largest absolute Gasteiger partial charge is 0.268 e. The van der Waals surface area contributed by atoms with Crippen molar-refractivity contribution in [1.29, 1.82) is 0 Å². The Kier molecular flexibility index (Phi) is 7.06. The van der Waals surface area contributed by atoms with E-state index in [-0.39, 0.29) is 11.3 Å². The van der Waals surface area contributed by atoms with Crippen molar-refractivity contribution >= 4 is 50.0 Å². The maximum Gasteiger partial charge on any atom is 0.264 e. The molecule has 30 heavy (non-hydrogen) atoms. The number of halogens is 2. The monoisotopic (exact) mass is 467 g/mol. The quantitative estimate of drug-likeness (QED) is 0.475. The van der Waals surface area contributed by atoms with Crippen molar-refractivity contribution in [2.24, 2.45) is 0 Å². The summed E-state index contributed by atoms with van der Waals surface area (Å²) in [5, 5.41) is 6.50. The first-order chi connectivity index (χ1) is 14.2. The van der Waals surface area contributed by atoms with Crippen molar-refractivity contribution in [2.75, 3.05) is 5.75 Å². The van der Waals surface area contributed by atoms with Crippen LogP contribution in [0.1, 0.15) is 47.8 Å². The van der Waals surface area contributed by atoms with E-state index in [4.69, 9.17) is 23.2 Å². The van der Waals surface area contributed by atoms with Crippen molar-refractivity contribution in [3.8, 4) is 0 Å². The smallest absolute Gasteiger partial charge is 0.264 e. The van der Waals surface area contributed by atoms with Gasteiger partial charge in [-0.15, -0.1) is 0 Å². The van der Waals surface area contributed by atoms with Crippen LogP contribution in [-0.4, -0.2) is 29.9 Å². The van der Waals surface area contributed by atoms with E-state index in [2.05, 4.69) is 9.82 Å². The van der Waals surface area contributed by atoms with E-state index in [1.807, 2.05) is 19.9 Å². The van der Waals surface area contributed by atoms with Crippen molar-refractivity contribution in [3.05, 3.63) is 63.3 Å². The fraction of sp³-hybridized carbons (Fsp3) is 0.333. The van der Waals surface area contributed by atoms with E-state index in [9.17, 15) is 13.2 Å². The van der Waals surface area contributed by atoms with E-state index < -0.39 is 15.9 Å². The normalized spacial score (nSPS) is 11.7. The second-order valence-electron chi connectivity index (χ2n) is 7.17. The average Bonchev–Trinajstić information content (AvgIpc) is 2.99. The maximum atomic E-state index is 12.5. The second kappa shape index (κ2) is 9.37. The van der Waals surface area contributed by atoms with Crippen LogP contribution in [-0.2, 0) is 16.6 Å². The molecule has 0 aliphatic rings. The van der Waals surface area contributed by atoms with Gasteiger partial charge in [0, 0.05) is 21.0 Å². The first kappa shape index (κ1) is 22.6. The van der Waals surface area contributed by atoms with Crippen molar-refractivity contribution in [3.63, 3.8) is 0 Å². The number of aryl methyl sites for hydroxylation is 1. The van der Waals surface area contributed by atoms with Crippen LogP contribution in [0.2, 0.25) is 10.0 Å². The van der Waals surface area contributed by atoms with Crippen LogP contribution in [0.3, 0.4) is 0 Å². The first-order valence-corrected chi connectivity index (χ1v) is 12.1. The van der Waals surface area contributed by atoms with Crippen molar-refractivity contribution in [1.82, 2.24) is 14.5 Å². The van der Waals surface area contributed by atoms with Gasteiger partial charge in [-0.3, -0.25) is 9.48 Å². The molecule has 1 aromatic heterocycles. The summed E-state index contributed by atoms with van der Waals surface area (Å²) in [6.45, 7) is 4.25.